The van der Waals surface area contributed by atoms with E-state index in [1.54, 1.807) is 32.0 Å². The van der Waals surface area contributed by atoms with Crippen molar-refractivity contribution >= 4 is 23.5 Å². The average molecular weight is 334 g/mol. The second-order valence-corrected chi connectivity index (χ2v) is 6.03. The van der Waals surface area contributed by atoms with Crippen LogP contribution in [0.4, 0.5) is 5.82 Å². The van der Waals surface area contributed by atoms with Crippen molar-refractivity contribution in [3.63, 3.8) is 0 Å². The summed E-state index contributed by atoms with van der Waals surface area (Å²) in [5, 5.41) is 14.3. The molecule has 0 aliphatic heterocycles. The minimum atomic E-state index is -0.456. The lowest BCUT2D eigenvalue weighted by atomic mass is 10.4. The van der Waals surface area contributed by atoms with E-state index in [-0.39, 0.29) is 5.91 Å². The zero-order chi connectivity index (χ0) is 16.4. The first-order valence-corrected chi connectivity index (χ1v) is 7.58. The topological polar surface area (TPSA) is 125 Å². The number of furan rings is 1. The van der Waals surface area contributed by atoms with Gasteiger partial charge in [-0.1, -0.05) is 16.9 Å². The summed E-state index contributed by atoms with van der Waals surface area (Å²) < 4.78 is 11.4. The van der Waals surface area contributed by atoms with Crippen LogP contribution in [0.5, 0.6) is 0 Å². The molecule has 3 N–H and O–H groups in total. The molecule has 3 heterocycles. The summed E-state index contributed by atoms with van der Waals surface area (Å²) in [5.41, 5.74) is 0. The lowest BCUT2D eigenvalue weighted by molar-refractivity contribution is -0.115. The number of nitrogen functional groups attached to an aromatic ring is 1. The van der Waals surface area contributed by atoms with Gasteiger partial charge in [-0.3, -0.25) is 4.79 Å². The van der Waals surface area contributed by atoms with Crippen LogP contribution >= 0.6 is 11.8 Å². The van der Waals surface area contributed by atoms with Gasteiger partial charge < -0.3 is 20.1 Å². The van der Waals surface area contributed by atoms with Crippen molar-refractivity contribution in [1.29, 1.82) is 0 Å². The number of thioether (sulfide) groups is 1. The standard InChI is InChI=1S/C13H14N6O3S/c1-7-6-10(18-22-7)15-12(20)8(2)23-13-17-16-11(19(13)14)9-4-3-5-21-9/h3-6,8H,14H2,1-2H3,(H,15,18,20). The molecule has 120 valence electrons. The molecule has 1 atom stereocenters. The number of rotatable bonds is 5. The van der Waals surface area contributed by atoms with Crippen LogP contribution in [0.1, 0.15) is 12.7 Å². The lowest BCUT2D eigenvalue weighted by Gasteiger charge is -2.09. The maximum Gasteiger partial charge on any atom is 0.238 e. The molecule has 10 heteroatoms. The van der Waals surface area contributed by atoms with Crippen molar-refractivity contribution < 1.29 is 13.7 Å². The van der Waals surface area contributed by atoms with Gasteiger partial charge in [-0.25, -0.2) is 4.68 Å². The molecule has 1 unspecified atom stereocenters. The Bertz CT molecular complexity index is 810. The van der Waals surface area contributed by atoms with Crippen LogP contribution in [0, 0.1) is 6.92 Å². The number of carbonyl (C=O) groups excluding carboxylic acids is 1. The quantitative estimate of drug-likeness (QED) is 0.533. The van der Waals surface area contributed by atoms with E-state index in [1.165, 1.54) is 22.7 Å². The van der Waals surface area contributed by atoms with Gasteiger partial charge in [0, 0.05) is 6.07 Å². The van der Waals surface area contributed by atoms with E-state index in [4.69, 9.17) is 14.8 Å². The first-order chi connectivity index (χ1) is 11.0. The van der Waals surface area contributed by atoms with Crippen LogP contribution in [-0.2, 0) is 4.79 Å². The Hall–Kier alpha value is -2.75. The van der Waals surface area contributed by atoms with Crippen molar-refractivity contribution in [3.05, 3.63) is 30.2 Å². The largest absolute Gasteiger partial charge is 0.461 e. The molecule has 0 bridgehead atoms. The molecular weight excluding hydrogens is 320 g/mol. The third-order valence-corrected chi connectivity index (χ3v) is 3.99. The molecule has 3 aromatic rings. The summed E-state index contributed by atoms with van der Waals surface area (Å²) in [5.74, 6) is 7.58. The summed E-state index contributed by atoms with van der Waals surface area (Å²) >= 11 is 1.17. The second-order valence-electron chi connectivity index (χ2n) is 4.73. The van der Waals surface area contributed by atoms with E-state index in [0.29, 0.717) is 28.3 Å². The Balaban J connectivity index is 1.68. The number of aryl methyl sites for hydroxylation is 1. The molecule has 0 fully saturated rings. The van der Waals surface area contributed by atoms with Gasteiger partial charge >= 0.3 is 0 Å². The van der Waals surface area contributed by atoms with Crippen LogP contribution in [0.3, 0.4) is 0 Å². The van der Waals surface area contributed by atoms with Gasteiger partial charge in [0.1, 0.15) is 5.76 Å². The minimum absolute atomic E-state index is 0.245. The van der Waals surface area contributed by atoms with Crippen LogP contribution in [-0.4, -0.2) is 31.2 Å². The molecule has 3 rings (SSSR count). The summed E-state index contributed by atoms with van der Waals surface area (Å²) in [6.45, 7) is 3.47. The van der Waals surface area contributed by atoms with E-state index in [0.717, 1.165) is 0 Å². The highest BCUT2D eigenvalue weighted by Gasteiger charge is 2.21. The molecular formula is C13H14N6O3S. The number of anilines is 1. The molecule has 0 radical (unpaired) electrons. The predicted octanol–water partition coefficient (Wildman–Crippen LogP) is 1.67. The van der Waals surface area contributed by atoms with Crippen LogP contribution in [0.15, 0.2) is 38.6 Å². The van der Waals surface area contributed by atoms with Crippen molar-refractivity contribution in [2.24, 2.45) is 0 Å². The Labute approximate surface area is 135 Å². The summed E-state index contributed by atoms with van der Waals surface area (Å²) in [7, 11) is 0. The Morgan fingerprint density at radius 2 is 2.30 bits per heavy atom. The fourth-order valence-corrected chi connectivity index (χ4v) is 2.57. The zero-order valence-electron chi connectivity index (χ0n) is 12.4. The van der Waals surface area contributed by atoms with Gasteiger partial charge in [-0.2, -0.15) is 0 Å². The van der Waals surface area contributed by atoms with E-state index in [1.807, 2.05) is 0 Å². The number of aromatic nitrogens is 4. The zero-order valence-corrected chi connectivity index (χ0v) is 13.2. The molecule has 0 spiro atoms. The van der Waals surface area contributed by atoms with E-state index < -0.39 is 5.25 Å². The second kappa shape index (κ2) is 6.16. The molecule has 0 saturated heterocycles. The van der Waals surface area contributed by atoms with Crippen LogP contribution < -0.4 is 11.2 Å². The fraction of sp³-hybridized carbons (Fsp3) is 0.231. The van der Waals surface area contributed by atoms with Crippen LogP contribution in [0.25, 0.3) is 11.6 Å². The van der Waals surface area contributed by atoms with E-state index in [2.05, 4.69) is 20.7 Å². The van der Waals surface area contributed by atoms with Crippen molar-refractivity contribution in [1.82, 2.24) is 20.0 Å². The first-order valence-electron chi connectivity index (χ1n) is 6.70. The van der Waals surface area contributed by atoms with Crippen molar-refractivity contribution in [2.45, 2.75) is 24.3 Å². The Kier molecular flexibility index (Phi) is 4.06. The number of carbonyl (C=O) groups is 1. The molecule has 9 nitrogen and oxygen atoms in total. The summed E-state index contributed by atoms with van der Waals surface area (Å²) in [6, 6.07) is 5.09. The van der Waals surface area contributed by atoms with Gasteiger partial charge in [0.15, 0.2) is 11.6 Å². The SMILES string of the molecule is Cc1cc(NC(=O)C(C)Sc2nnc(-c3ccco3)n2N)no1. The molecule has 0 saturated carbocycles. The van der Waals surface area contributed by atoms with Crippen molar-refractivity contribution in [3.8, 4) is 11.6 Å². The molecule has 23 heavy (non-hydrogen) atoms. The Morgan fingerprint density at radius 3 is 2.96 bits per heavy atom. The molecule has 0 aromatic carbocycles. The van der Waals surface area contributed by atoms with E-state index in [9.17, 15) is 4.79 Å². The number of hydrogen-bond acceptors (Lipinski definition) is 8. The van der Waals surface area contributed by atoms with Gasteiger partial charge in [0.2, 0.25) is 16.9 Å². The third-order valence-electron chi connectivity index (χ3n) is 2.94. The normalized spacial score (nSPS) is 12.3. The monoisotopic (exact) mass is 334 g/mol. The predicted molar refractivity (Wildman–Crippen MR) is 83.1 cm³/mol. The van der Waals surface area contributed by atoms with Gasteiger partial charge in [0.25, 0.3) is 0 Å². The molecule has 0 aliphatic carbocycles. The first kappa shape index (κ1) is 15.2. The van der Waals surface area contributed by atoms with Crippen molar-refractivity contribution in [2.75, 3.05) is 11.2 Å². The average Bonchev–Trinajstić information content (AvgIpc) is 3.23. The summed E-state index contributed by atoms with van der Waals surface area (Å²) in [4.78, 5) is 12.1. The third kappa shape index (κ3) is 3.21. The fourth-order valence-electron chi connectivity index (χ4n) is 1.80. The molecule has 1 amide bonds. The van der Waals surface area contributed by atoms with Gasteiger partial charge in [-0.15, -0.1) is 10.2 Å². The lowest BCUT2D eigenvalue weighted by Crippen LogP contribution is -2.23. The number of nitrogens with zero attached hydrogens (tertiary/aromatic N) is 4. The minimum Gasteiger partial charge on any atom is -0.461 e. The van der Waals surface area contributed by atoms with Gasteiger partial charge in [0.05, 0.1) is 11.5 Å². The smallest absolute Gasteiger partial charge is 0.238 e. The van der Waals surface area contributed by atoms with E-state index >= 15 is 0 Å². The summed E-state index contributed by atoms with van der Waals surface area (Å²) in [6.07, 6.45) is 1.52. The number of nitrogens with one attached hydrogen (secondary N) is 1. The number of hydrogen-bond donors (Lipinski definition) is 2. The molecule has 3 aromatic heterocycles. The highest BCUT2D eigenvalue weighted by atomic mass is 32.2. The highest BCUT2D eigenvalue weighted by molar-refractivity contribution is 8.00. The maximum atomic E-state index is 12.1. The Morgan fingerprint density at radius 1 is 1.48 bits per heavy atom. The maximum absolute atomic E-state index is 12.1. The number of amides is 1. The number of nitrogens with two attached hydrogens (primary N) is 1. The van der Waals surface area contributed by atoms with Crippen LogP contribution in [0.2, 0.25) is 0 Å². The highest BCUT2D eigenvalue weighted by Crippen LogP contribution is 2.25. The molecule has 0 aliphatic rings. The van der Waals surface area contributed by atoms with Gasteiger partial charge in [-0.05, 0) is 26.0 Å².